The molecule has 2 atom stereocenters. The Labute approximate surface area is 143 Å². The summed E-state index contributed by atoms with van der Waals surface area (Å²) in [5.41, 5.74) is 0. The molecule has 3 heterocycles. The number of ether oxygens (including phenoxy) is 1. The van der Waals surface area contributed by atoms with Crippen LogP contribution in [0, 0.1) is 5.92 Å². The number of nitrogens with one attached hydrogen (secondary N) is 1. The minimum atomic E-state index is 0.163. The molecule has 0 aliphatic carbocycles. The number of carbonyl (C=O) groups is 1. The molecular weight excluding hydrogens is 304 g/mol. The number of piperidine rings is 1. The van der Waals surface area contributed by atoms with E-state index in [9.17, 15) is 4.79 Å². The van der Waals surface area contributed by atoms with Gasteiger partial charge in [0.2, 0.25) is 0 Å². The second kappa shape index (κ2) is 8.80. The maximum absolute atomic E-state index is 10.7. The highest BCUT2D eigenvalue weighted by molar-refractivity contribution is 5.64. The number of pyridine rings is 1. The van der Waals surface area contributed by atoms with E-state index in [0.717, 1.165) is 64.3 Å². The first-order chi connectivity index (χ1) is 11.8. The van der Waals surface area contributed by atoms with Gasteiger partial charge < -0.3 is 15.0 Å². The molecule has 1 N–H and O–H groups in total. The topological polar surface area (TPSA) is 57.7 Å². The monoisotopic (exact) mass is 330 g/mol. The van der Waals surface area contributed by atoms with Crippen molar-refractivity contribution in [1.82, 2.24) is 14.8 Å². The van der Waals surface area contributed by atoms with Gasteiger partial charge in [0, 0.05) is 38.6 Å². The zero-order valence-electron chi connectivity index (χ0n) is 14.0. The zero-order chi connectivity index (χ0) is 16.6. The Morgan fingerprint density at radius 1 is 1.29 bits per heavy atom. The number of likely N-dealkylation sites (tertiary alicyclic amines) is 1. The van der Waals surface area contributed by atoms with Gasteiger partial charge in [-0.1, -0.05) is 6.07 Å². The average molecular weight is 330 g/mol. The van der Waals surface area contributed by atoms with Crippen molar-refractivity contribution in [2.45, 2.75) is 19.0 Å². The summed E-state index contributed by atoms with van der Waals surface area (Å²) in [5, 5.41) is 3.51. The summed E-state index contributed by atoms with van der Waals surface area (Å²) < 4.78 is 5.44. The van der Waals surface area contributed by atoms with Crippen LogP contribution in [0.4, 0.5) is 5.82 Å². The van der Waals surface area contributed by atoms with Crippen LogP contribution in [0.3, 0.4) is 0 Å². The molecule has 2 saturated heterocycles. The molecule has 130 valence electrons. The fourth-order valence-electron chi connectivity index (χ4n) is 3.46. The van der Waals surface area contributed by atoms with Crippen LogP contribution in [0.2, 0.25) is 0 Å². The molecule has 0 radical (unpaired) electrons. The van der Waals surface area contributed by atoms with Gasteiger partial charge in [-0.25, -0.2) is 4.98 Å². The van der Waals surface area contributed by atoms with Crippen molar-refractivity contribution in [3.63, 3.8) is 0 Å². The Morgan fingerprint density at radius 3 is 2.92 bits per heavy atom. The second-order valence-corrected chi connectivity index (χ2v) is 6.39. The van der Waals surface area contributed by atoms with E-state index < -0.39 is 0 Å². The third-order valence-corrected chi connectivity index (χ3v) is 4.71. The Balaban J connectivity index is 1.62. The number of anilines is 1. The first-order valence-corrected chi connectivity index (χ1v) is 8.70. The third-order valence-electron chi connectivity index (χ3n) is 4.71. The lowest BCUT2D eigenvalue weighted by Gasteiger charge is -2.41. The summed E-state index contributed by atoms with van der Waals surface area (Å²) in [6.45, 7) is 5.82. The van der Waals surface area contributed by atoms with Gasteiger partial charge >= 0.3 is 0 Å². The first-order valence-electron chi connectivity index (χ1n) is 8.70. The Hall–Kier alpha value is -1.92. The van der Waals surface area contributed by atoms with Crippen molar-refractivity contribution < 1.29 is 9.53 Å². The van der Waals surface area contributed by atoms with Crippen molar-refractivity contribution in [3.05, 3.63) is 36.7 Å². The number of hydrogen-bond acceptors (Lipinski definition) is 6. The maximum Gasteiger partial charge on any atom is 0.144 e. The molecule has 6 heteroatoms. The largest absolute Gasteiger partial charge is 0.379 e. The normalized spacial score (nSPS) is 25.8. The zero-order valence-corrected chi connectivity index (χ0v) is 14.0. The number of hydrogen-bond donors (Lipinski definition) is 1. The number of rotatable bonds is 6. The smallest absolute Gasteiger partial charge is 0.144 e. The molecule has 0 saturated carbocycles. The molecule has 0 amide bonds. The van der Waals surface area contributed by atoms with Gasteiger partial charge in [-0.05, 0) is 37.0 Å². The molecule has 1 aromatic rings. The maximum atomic E-state index is 10.7. The summed E-state index contributed by atoms with van der Waals surface area (Å²) in [6.07, 6.45) is 8.42. The number of morpholine rings is 1. The van der Waals surface area contributed by atoms with Gasteiger partial charge in [0.1, 0.15) is 12.1 Å². The van der Waals surface area contributed by atoms with Crippen LogP contribution in [0.25, 0.3) is 0 Å². The van der Waals surface area contributed by atoms with E-state index in [0.29, 0.717) is 5.92 Å². The molecule has 2 fully saturated rings. The number of allylic oxidation sites excluding steroid dienone is 1. The molecule has 2 aliphatic rings. The predicted octanol–water partition coefficient (Wildman–Crippen LogP) is 1.58. The van der Waals surface area contributed by atoms with E-state index in [4.69, 9.17) is 4.74 Å². The van der Waals surface area contributed by atoms with Gasteiger partial charge in [-0.2, -0.15) is 0 Å². The molecule has 0 bridgehead atoms. The van der Waals surface area contributed by atoms with Crippen LogP contribution < -0.4 is 5.32 Å². The summed E-state index contributed by atoms with van der Waals surface area (Å²) in [6, 6.07) is 5.87. The first kappa shape index (κ1) is 16.9. The number of nitrogens with zero attached hydrogens (tertiary/aromatic N) is 3. The molecule has 2 aliphatic heterocycles. The molecule has 6 nitrogen and oxygen atoms in total. The van der Waals surface area contributed by atoms with Crippen molar-refractivity contribution in [2.75, 3.05) is 44.7 Å². The summed E-state index contributed by atoms with van der Waals surface area (Å²) >= 11 is 0. The molecular formula is C18H26N4O2. The third kappa shape index (κ3) is 4.79. The number of aldehydes is 1. The molecule has 24 heavy (non-hydrogen) atoms. The minimum absolute atomic E-state index is 0.163. The molecule has 2 unspecified atom stereocenters. The minimum Gasteiger partial charge on any atom is -0.379 e. The highest BCUT2D eigenvalue weighted by Gasteiger charge is 2.28. The lowest BCUT2D eigenvalue weighted by molar-refractivity contribution is -0.104. The second-order valence-electron chi connectivity index (χ2n) is 6.39. The summed E-state index contributed by atoms with van der Waals surface area (Å²) in [4.78, 5) is 19.8. The summed E-state index contributed by atoms with van der Waals surface area (Å²) in [7, 11) is 0. The van der Waals surface area contributed by atoms with Gasteiger partial charge in [-0.3, -0.25) is 9.69 Å². The number of aromatic nitrogens is 1. The van der Waals surface area contributed by atoms with Crippen molar-refractivity contribution in [3.8, 4) is 0 Å². The predicted molar refractivity (Wildman–Crippen MR) is 93.5 cm³/mol. The molecule has 3 rings (SSSR count). The Morgan fingerprint density at radius 2 is 2.17 bits per heavy atom. The highest BCUT2D eigenvalue weighted by atomic mass is 16.5. The fraction of sp³-hybridized carbons (Fsp3) is 0.556. The lowest BCUT2D eigenvalue weighted by atomic mass is 9.93. The van der Waals surface area contributed by atoms with Gasteiger partial charge in [0.15, 0.2) is 0 Å². The van der Waals surface area contributed by atoms with E-state index in [1.807, 2.05) is 24.4 Å². The van der Waals surface area contributed by atoms with Crippen LogP contribution in [-0.4, -0.2) is 66.6 Å². The Bertz CT molecular complexity index is 531. The fourth-order valence-corrected chi connectivity index (χ4v) is 3.46. The molecule has 1 aromatic heterocycles. The van der Waals surface area contributed by atoms with Gasteiger partial charge in [0.25, 0.3) is 0 Å². The van der Waals surface area contributed by atoms with Crippen LogP contribution >= 0.6 is 0 Å². The number of carbonyl (C=O) groups excluding carboxylic acids is 1. The van der Waals surface area contributed by atoms with E-state index in [1.165, 1.54) is 0 Å². The average Bonchev–Trinajstić information content (AvgIpc) is 2.63. The molecule has 0 spiro atoms. The van der Waals surface area contributed by atoms with E-state index in [2.05, 4.69) is 20.1 Å². The van der Waals surface area contributed by atoms with Gasteiger partial charge in [-0.15, -0.1) is 0 Å². The van der Waals surface area contributed by atoms with Crippen LogP contribution in [0.15, 0.2) is 36.7 Å². The summed E-state index contributed by atoms with van der Waals surface area (Å²) in [5.74, 6) is 1.52. The van der Waals surface area contributed by atoms with Crippen molar-refractivity contribution in [2.24, 2.45) is 5.92 Å². The quantitative estimate of drug-likeness (QED) is 0.631. The SMILES string of the molecule is O=CC=CN1CCC(CN2CCOCC2)CC1Nc1ccccn1. The van der Waals surface area contributed by atoms with Crippen molar-refractivity contribution in [1.29, 1.82) is 0 Å². The van der Waals surface area contributed by atoms with Gasteiger partial charge in [0.05, 0.1) is 19.4 Å². The van der Waals surface area contributed by atoms with Crippen LogP contribution in [0.5, 0.6) is 0 Å². The Kier molecular flexibility index (Phi) is 6.20. The van der Waals surface area contributed by atoms with E-state index in [1.54, 1.807) is 12.3 Å². The van der Waals surface area contributed by atoms with Crippen LogP contribution in [0.1, 0.15) is 12.8 Å². The molecule has 0 aromatic carbocycles. The highest BCUT2D eigenvalue weighted by Crippen LogP contribution is 2.25. The van der Waals surface area contributed by atoms with Crippen LogP contribution in [-0.2, 0) is 9.53 Å². The standard InChI is InChI=1S/C18H26N4O2/c23-11-3-7-22-8-5-16(15-21-9-12-24-13-10-21)14-18(22)20-17-4-1-2-6-19-17/h1-4,6-7,11,16,18H,5,8-10,12-15H2,(H,19,20). The van der Waals surface area contributed by atoms with E-state index in [-0.39, 0.29) is 6.17 Å². The lowest BCUT2D eigenvalue weighted by Crippen LogP contribution is -2.48. The van der Waals surface area contributed by atoms with Crippen molar-refractivity contribution >= 4 is 12.1 Å². The van der Waals surface area contributed by atoms with E-state index >= 15 is 0 Å².